The molecule has 1 aliphatic carbocycles. The van der Waals surface area contributed by atoms with Crippen molar-refractivity contribution >= 4 is 22.6 Å². The molecule has 112 valence electrons. The SMILES string of the molecule is IC1CCC(CCNCCCN2CCCCC2)CC1. The number of halogens is 1. The summed E-state index contributed by atoms with van der Waals surface area (Å²) in [6.07, 6.45) is 12.9. The summed E-state index contributed by atoms with van der Waals surface area (Å²) in [7, 11) is 0. The van der Waals surface area contributed by atoms with Gasteiger partial charge in [0.1, 0.15) is 0 Å². The normalized spacial score (nSPS) is 29.5. The molecule has 1 heterocycles. The van der Waals surface area contributed by atoms with Crippen LogP contribution in [0.15, 0.2) is 0 Å². The monoisotopic (exact) mass is 378 g/mol. The second-order valence-electron chi connectivity index (χ2n) is 6.41. The molecule has 0 atom stereocenters. The van der Waals surface area contributed by atoms with Crippen LogP contribution in [-0.4, -0.2) is 41.5 Å². The van der Waals surface area contributed by atoms with Crippen LogP contribution in [0.1, 0.15) is 57.8 Å². The first-order chi connectivity index (χ1) is 9.34. The summed E-state index contributed by atoms with van der Waals surface area (Å²) in [6, 6.07) is 0. The van der Waals surface area contributed by atoms with Crippen LogP contribution in [0.2, 0.25) is 0 Å². The van der Waals surface area contributed by atoms with Crippen molar-refractivity contribution in [3.05, 3.63) is 0 Å². The van der Waals surface area contributed by atoms with Gasteiger partial charge in [0.2, 0.25) is 0 Å². The van der Waals surface area contributed by atoms with E-state index in [1.54, 1.807) is 0 Å². The third kappa shape index (κ3) is 6.76. The minimum atomic E-state index is 0.964. The van der Waals surface area contributed by atoms with Crippen molar-refractivity contribution in [3.63, 3.8) is 0 Å². The fraction of sp³-hybridized carbons (Fsp3) is 1.00. The predicted molar refractivity (Wildman–Crippen MR) is 92.2 cm³/mol. The number of likely N-dealkylation sites (tertiary alicyclic amines) is 1. The van der Waals surface area contributed by atoms with Crippen LogP contribution in [0.5, 0.6) is 0 Å². The van der Waals surface area contributed by atoms with Crippen molar-refractivity contribution in [2.75, 3.05) is 32.7 Å². The smallest absolute Gasteiger partial charge is 0.0110 e. The molecule has 1 saturated carbocycles. The quantitative estimate of drug-likeness (QED) is 0.412. The molecular weight excluding hydrogens is 347 g/mol. The first-order valence-corrected chi connectivity index (χ1v) is 9.66. The van der Waals surface area contributed by atoms with Gasteiger partial charge in [-0.3, -0.25) is 0 Å². The van der Waals surface area contributed by atoms with E-state index in [1.165, 1.54) is 90.5 Å². The highest BCUT2D eigenvalue weighted by atomic mass is 127. The van der Waals surface area contributed by atoms with Gasteiger partial charge >= 0.3 is 0 Å². The van der Waals surface area contributed by atoms with Crippen molar-refractivity contribution in [1.29, 1.82) is 0 Å². The molecule has 0 aromatic carbocycles. The molecule has 0 aromatic rings. The van der Waals surface area contributed by atoms with Gasteiger partial charge in [-0.05, 0) is 90.0 Å². The zero-order valence-corrected chi connectivity index (χ0v) is 14.5. The highest BCUT2D eigenvalue weighted by molar-refractivity contribution is 14.1. The van der Waals surface area contributed by atoms with E-state index in [9.17, 15) is 0 Å². The van der Waals surface area contributed by atoms with Crippen LogP contribution >= 0.6 is 22.6 Å². The van der Waals surface area contributed by atoms with E-state index in [4.69, 9.17) is 0 Å². The lowest BCUT2D eigenvalue weighted by molar-refractivity contribution is 0.225. The van der Waals surface area contributed by atoms with E-state index in [-0.39, 0.29) is 0 Å². The summed E-state index contributed by atoms with van der Waals surface area (Å²) < 4.78 is 0.964. The third-order valence-electron chi connectivity index (χ3n) is 4.78. The molecule has 0 unspecified atom stereocenters. The number of piperidine rings is 1. The van der Waals surface area contributed by atoms with Crippen LogP contribution in [0.4, 0.5) is 0 Å². The minimum absolute atomic E-state index is 0.964. The Kier molecular flexibility index (Phi) is 8.07. The fourth-order valence-corrected chi connectivity index (χ4v) is 4.17. The van der Waals surface area contributed by atoms with Crippen LogP contribution in [-0.2, 0) is 0 Å². The van der Waals surface area contributed by atoms with Gasteiger partial charge in [-0.1, -0.05) is 29.0 Å². The molecule has 1 N–H and O–H groups in total. The molecule has 0 bridgehead atoms. The maximum Gasteiger partial charge on any atom is 0.0110 e. The fourth-order valence-electron chi connectivity index (χ4n) is 3.45. The van der Waals surface area contributed by atoms with E-state index in [1.807, 2.05) is 0 Å². The maximum atomic E-state index is 3.65. The maximum absolute atomic E-state index is 3.65. The zero-order chi connectivity index (χ0) is 13.3. The molecule has 1 aliphatic heterocycles. The second kappa shape index (κ2) is 9.56. The number of rotatable bonds is 7. The lowest BCUT2D eigenvalue weighted by Crippen LogP contribution is -2.32. The highest BCUT2D eigenvalue weighted by Crippen LogP contribution is 2.30. The largest absolute Gasteiger partial charge is 0.317 e. The molecule has 0 amide bonds. The van der Waals surface area contributed by atoms with Gasteiger partial charge in [0.15, 0.2) is 0 Å². The Morgan fingerprint density at radius 1 is 0.947 bits per heavy atom. The van der Waals surface area contributed by atoms with Crippen molar-refractivity contribution < 1.29 is 0 Å². The Hall–Kier alpha value is 0.650. The number of nitrogens with zero attached hydrogens (tertiary/aromatic N) is 1. The van der Waals surface area contributed by atoms with E-state index in [0.29, 0.717) is 0 Å². The van der Waals surface area contributed by atoms with Gasteiger partial charge in [-0.2, -0.15) is 0 Å². The zero-order valence-electron chi connectivity index (χ0n) is 12.4. The molecule has 0 spiro atoms. The average Bonchev–Trinajstić information content (AvgIpc) is 2.46. The molecule has 0 aromatic heterocycles. The van der Waals surface area contributed by atoms with Crippen LogP contribution < -0.4 is 5.32 Å². The standard InChI is InChI=1S/C16H31IN2/c17-16-7-5-15(6-8-16)9-11-18-10-4-14-19-12-2-1-3-13-19/h15-16,18H,1-14H2. The van der Waals surface area contributed by atoms with E-state index < -0.39 is 0 Å². The van der Waals surface area contributed by atoms with Crippen LogP contribution in [0, 0.1) is 5.92 Å². The van der Waals surface area contributed by atoms with Crippen LogP contribution in [0.25, 0.3) is 0 Å². The summed E-state index contributed by atoms with van der Waals surface area (Å²) >= 11 is 2.62. The summed E-state index contributed by atoms with van der Waals surface area (Å²) in [5.74, 6) is 1.01. The molecule has 2 nitrogen and oxygen atoms in total. The molecule has 0 radical (unpaired) electrons. The van der Waals surface area contributed by atoms with Gasteiger partial charge < -0.3 is 10.2 Å². The third-order valence-corrected chi connectivity index (χ3v) is 6.03. The Morgan fingerprint density at radius 2 is 1.68 bits per heavy atom. The van der Waals surface area contributed by atoms with E-state index in [2.05, 4.69) is 32.8 Å². The Morgan fingerprint density at radius 3 is 2.42 bits per heavy atom. The molecule has 3 heteroatoms. The molecule has 2 rings (SSSR count). The summed E-state index contributed by atoms with van der Waals surface area (Å²) in [6.45, 7) is 6.47. The average molecular weight is 378 g/mol. The van der Waals surface area contributed by atoms with E-state index in [0.717, 1.165) is 9.84 Å². The second-order valence-corrected chi connectivity index (χ2v) is 8.17. The van der Waals surface area contributed by atoms with Gasteiger partial charge in [-0.25, -0.2) is 0 Å². The number of alkyl halides is 1. The Balaban J connectivity index is 1.39. The van der Waals surface area contributed by atoms with E-state index >= 15 is 0 Å². The first kappa shape index (κ1) is 16.0. The Labute approximate surface area is 133 Å². The number of hydrogen-bond donors (Lipinski definition) is 1. The van der Waals surface area contributed by atoms with Gasteiger partial charge in [0.25, 0.3) is 0 Å². The van der Waals surface area contributed by atoms with Crippen molar-refractivity contribution in [1.82, 2.24) is 10.2 Å². The summed E-state index contributed by atoms with van der Waals surface area (Å²) in [5, 5.41) is 3.65. The Bertz CT molecular complexity index is 221. The molecule has 2 fully saturated rings. The van der Waals surface area contributed by atoms with Gasteiger partial charge in [0, 0.05) is 3.92 Å². The summed E-state index contributed by atoms with van der Waals surface area (Å²) in [4.78, 5) is 2.65. The molecule has 2 aliphatic rings. The molecule has 1 saturated heterocycles. The predicted octanol–water partition coefficient (Wildman–Crippen LogP) is 3.84. The van der Waals surface area contributed by atoms with Crippen LogP contribution in [0.3, 0.4) is 0 Å². The van der Waals surface area contributed by atoms with Crippen molar-refractivity contribution in [2.45, 2.75) is 61.7 Å². The number of hydrogen-bond acceptors (Lipinski definition) is 2. The highest BCUT2D eigenvalue weighted by Gasteiger charge is 2.18. The van der Waals surface area contributed by atoms with Crippen molar-refractivity contribution in [2.24, 2.45) is 5.92 Å². The lowest BCUT2D eigenvalue weighted by Gasteiger charge is -2.26. The lowest BCUT2D eigenvalue weighted by atomic mass is 9.87. The first-order valence-electron chi connectivity index (χ1n) is 8.42. The van der Waals surface area contributed by atoms with Gasteiger partial charge in [-0.15, -0.1) is 0 Å². The molecular formula is C16H31IN2. The van der Waals surface area contributed by atoms with Crippen molar-refractivity contribution in [3.8, 4) is 0 Å². The topological polar surface area (TPSA) is 15.3 Å². The van der Waals surface area contributed by atoms with Gasteiger partial charge in [0.05, 0.1) is 0 Å². The number of nitrogens with one attached hydrogen (secondary N) is 1. The summed E-state index contributed by atoms with van der Waals surface area (Å²) in [5.41, 5.74) is 0. The molecule has 19 heavy (non-hydrogen) atoms. The minimum Gasteiger partial charge on any atom is -0.317 e.